The summed E-state index contributed by atoms with van der Waals surface area (Å²) in [6.45, 7) is 0.0704. The fourth-order valence-corrected chi connectivity index (χ4v) is 3.65. The fourth-order valence-electron chi connectivity index (χ4n) is 2.67. The number of nitrogens with zero attached hydrogens (tertiary/aromatic N) is 3. The molecule has 1 amide bonds. The van der Waals surface area contributed by atoms with Gasteiger partial charge in [0.15, 0.2) is 16.8 Å². The Labute approximate surface area is 161 Å². The number of halogens is 3. The third-order valence-electron chi connectivity index (χ3n) is 4.03. The second kappa shape index (κ2) is 7.40. The molecule has 0 fully saturated rings. The van der Waals surface area contributed by atoms with Crippen LogP contribution in [0, 0.1) is 17.5 Å². The summed E-state index contributed by atoms with van der Waals surface area (Å²) in [4.78, 5) is 23.0. The lowest BCUT2D eigenvalue weighted by Gasteiger charge is -2.19. The van der Waals surface area contributed by atoms with Crippen molar-refractivity contribution in [2.24, 2.45) is 0 Å². The zero-order valence-electron chi connectivity index (χ0n) is 14.3. The molecule has 0 unspecified atom stereocenters. The van der Waals surface area contributed by atoms with Crippen molar-refractivity contribution in [1.29, 1.82) is 0 Å². The van der Waals surface area contributed by atoms with E-state index in [1.807, 2.05) is 0 Å². The highest BCUT2D eigenvalue weighted by atomic mass is 32.1. The lowest BCUT2D eigenvalue weighted by molar-refractivity contribution is 0.0984. The van der Waals surface area contributed by atoms with E-state index in [0.29, 0.717) is 21.0 Å². The van der Waals surface area contributed by atoms with Gasteiger partial charge in [-0.15, -0.1) is 0 Å². The van der Waals surface area contributed by atoms with Crippen LogP contribution in [0.5, 0.6) is 0 Å². The Balaban J connectivity index is 1.78. The van der Waals surface area contributed by atoms with Crippen molar-refractivity contribution in [3.8, 4) is 0 Å². The minimum absolute atomic E-state index is 0.0275. The van der Waals surface area contributed by atoms with E-state index in [4.69, 9.17) is 0 Å². The van der Waals surface area contributed by atoms with Crippen LogP contribution < -0.4 is 4.90 Å². The molecule has 4 aromatic rings. The minimum atomic E-state index is -1.12. The first-order chi connectivity index (χ1) is 13.5. The molecule has 2 heterocycles. The highest BCUT2D eigenvalue weighted by molar-refractivity contribution is 7.22. The molecule has 2 aromatic heterocycles. The van der Waals surface area contributed by atoms with Crippen molar-refractivity contribution < 1.29 is 18.0 Å². The van der Waals surface area contributed by atoms with Gasteiger partial charge in [-0.3, -0.25) is 14.7 Å². The molecule has 28 heavy (non-hydrogen) atoms. The van der Waals surface area contributed by atoms with E-state index in [9.17, 15) is 18.0 Å². The molecule has 0 atom stereocenters. The number of carbonyl (C=O) groups is 1. The predicted octanol–water partition coefficient (Wildman–Crippen LogP) is 4.96. The van der Waals surface area contributed by atoms with Gasteiger partial charge in [-0.2, -0.15) is 0 Å². The average molecular weight is 399 g/mol. The predicted molar refractivity (Wildman–Crippen MR) is 101 cm³/mol. The topological polar surface area (TPSA) is 46.1 Å². The molecule has 0 radical (unpaired) electrons. The highest BCUT2D eigenvalue weighted by Gasteiger charge is 2.23. The molecular weight excluding hydrogens is 387 g/mol. The van der Waals surface area contributed by atoms with Crippen molar-refractivity contribution >= 4 is 32.6 Å². The van der Waals surface area contributed by atoms with Gasteiger partial charge in [0.1, 0.15) is 5.82 Å². The third-order valence-corrected chi connectivity index (χ3v) is 5.07. The molecule has 0 aliphatic heterocycles. The van der Waals surface area contributed by atoms with E-state index < -0.39 is 23.4 Å². The van der Waals surface area contributed by atoms with Crippen LogP contribution in [0.2, 0.25) is 0 Å². The number of anilines is 1. The number of carbonyl (C=O) groups excluding carboxylic acids is 1. The summed E-state index contributed by atoms with van der Waals surface area (Å²) in [5, 5.41) is 0.306. The molecule has 0 aliphatic rings. The third kappa shape index (κ3) is 3.59. The maximum Gasteiger partial charge on any atom is 0.260 e. The number of fused-ring (bicyclic) bond motifs is 1. The second-order valence-electron chi connectivity index (χ2n) is 5.95. The number of aromatic nitrogens is 2. The first-order valence-corrected chi connectivity index (χ1v) is 9.06. The standard InChI is InChI=1S/C20H12F3N3OS/c21-13-5-7-17-18(10-13)28-20(25-17)26(11-14-3-1-2-8-24-14)19(27)12-4-6-15(22)16(23)9-12/h1-10H,11H2. The van der Waals surface area contributed by atoms with Crippen LogP contribution in [0.3, 0.4) is 0 Å². The molecule has 2 aromatic carbocycles. The van der Waals surface area contributed by atoms with Gasteiger partial charge < -0.3 is 0 Å². The first-order valence-electron chi connectivity index (χ1n) is 8.24. The number of hydrogen-bond donors (Lipinski definition) is 0. The molecule has 0 spiro atoms. The zero-order valence-corrected chi connectivity index (χ0v) is 15.1. The Bertz CT molecular complexity index is 1160. The second-order valence-corrected chi connectivity index (χ2v) is 6.96. The Kier molecular flexibility index (Phi) is 4.79. The number of rotatable bonds is 4. The maximum atomic E-state index is 13.6. The van der Waals surface area contributed by atoms with Gasteiger partial charge in [0.2, 0.25) is 0 Å². The Hall–Kier alpha value is -3.26. The smallest absolute Gasteiger partial charge is 0.260 e. The first kappa shape index (κ1) is 18.1. The normalized spacial score (nSPS) is 11.0. The molecule has 8 heteroatoms. The molecule has 140 valence electrons. The number of amides is 1. The molecule has 0 aliphatic carbocycles. The van der Waals surface area contributed by atoms with Crippen LogP contribution in [-0.4, -0.2) is 15.9 Å². The van der Waals surface area contributed by atoms with Gasteiger partial charge in [-0.05, 0) is 48.5 Å². The van der Waals surface area contributed by atoms with Crippen LogP contribution in [0.1, 0.15) is 16.1 Å². The van der Waals surface area contributed by atoms with Crippen molar-refractivity contribution in [2.45, 2.75) is 6.54 Å². The van der Waals surface area contributed by atoms with Crippen molar-refractivity contribution in [1.82, 2.24) is 9.97 Å². The van der Waals surface area contributed by atoms with Gasteiger partial charge in [0, 0.05) is 11.8 Å². The Morgan fingerprint density at radius 3 is 2.61 bits per heavy atom. The summed E-state index contributed by atoms with van der Waals surface area (Å²) in [5.74, 6) is -3.13. The average Bonchev–Trinajstić information content (AvgIpc) is 3.11. The summed E-state index contributed by atoms with van der Waals surface area (Å²) < 4.78 is 41.0. The molecule has 4 rings (SSSR count). The van der Waals surface area contributed by atoms with E-state index in [1.54, 1.807) is 24.4 Å². The molecule has 4 nitrogen and oxygen atoms in total. The summed E-state index contributed by atoms with van der Waals surface area (Å²) in [7, 11) is 0. The molecule has 0 bridgehead atoms. The number of pyridine rings is 1. The van der Waals surface area contributed by atoms with Crippen LogP contribution >= 0.6 is 11.3 Å². The largest absolute Gasteiger partial charge is 0.278 e. The summed E-state index contributed by atoms with van der Waals surface area (Å²) in [6, 6.07) is 12.3. The van der Waals surface area contributed by atoms with E-state index in [2.05, 4.69) is 9.97 Å². The summed E-state index contributed by atoms with van der Waals surface area (Å²) >= 11 is 1.13. The lowest BCUT2D eigenvalue weighted by Crippen LogP contribution is -2.30. The maximum absolute atomic E-state index is 13.6. The SMILES string of the molecule is O=C(c1ccc(F)c(F)c1)N(Cc1ccccn1)c1nc2ccc(F)cc2s1. The van der Waals surface area contributed by atoms with E-state index in [-0.39, 0.29) is 12.1 Å². The van der Waals surface area contributed by atoms with E-state index in [1.165, 1.54) is 29.2 Å². The quantitative estimate of drug-likeness (QED) is 0.488. The van der Waals surface area contributed by atoms with Crippen LogP contribution in [0.4, 0.5) is 18.3 Å². The minimum Gasteiger partial charge on any atom is -0.278 e. The number of benzene rings is 2. The number of thiazole rings is 1. The van der Waals surface area contributed by atoms with Crippen molar-refractivity contribution in [2.75, 3.05) is 4.90 Å². The molecular formula is C20H12F3N3OS. The van der Waals surface area contributed by atoms with Gasteiger partial charge in [-0.1, -0.05) is 17.4 Å². The molecule has 0 saturated heterocycles. The van der Waals surface area contributed by atoms with Gasteiger partial charge in [0.05, 0.1) is 22.5 Å². The van der Waals surface area contributed by atoms with Crippen LogP contribution in [-0.2, 0) is 6.54 Å². The van der Waals surface area contributed by atoms with E-state index in [0.717, 1.165) is 23.5 Å². The summed E-state index contributed by atoms with van der Waals surface area (Å²) in [5.41, 5.74) is 1.09. The lowest BCUT2D eigenvalue weighted by atomic mass is 10.2. The van der Waals surface area contributed by atoms with Crippen molar-refractivity contribution in [3.05, 3.63) is 89.5 Å². The Morgan fingerprint density at radius 1 is 1.00 bits per heavy atom. The van der Waals surface area contributed by atoms with Crippen LogP contribution in [0.15, 0.2) is 60.8 Å². The van der Waals surface area contributed by atoms with E-state index >= 15 is 0 Å². The fraction of sp³-hybridized carbons (Fsp3) is 0.0500. The molecule has 0 saturated carbocycles. The van der Waals surface area contributed by atoms with Gasteiger partial charge in [0.25, 0.3) is 5.91 Å². The number of hydrogen-bond acceptors (Lipinski definition) is 4. The monoisotopic (exact) mass is 399 g/mol. The van der Waals surface area contributed by atoms with Gasteiger partial charge in [-0.25, -0.2) is 18.2 Å². The highest BCUT2D eigenvalue weighted by Crippen LogP contribution is 2.31. The zero-order chi connectivity index (χ0) is 19.7. The molecule has 0 N–H and O–H groups in total. The van der Waals surface area contributed by atoms with Crippen LogP contribution in [0.25, 0.3) is 10.2 Å². The Morgan fingerprint density at radius 2 is 1.86 bits per heavy atom. The van der Waals surface area contributed by atoms with Gasteiger partial charge >= 0.3 is 0 Å². The summed E-state index contributed by atoms with van der Waals surface area (Å²) in [6.07, 6.45) is 1.59. The van der Waals surface area contributed by atoms with Crippen molar-refractivity contribution in [3.63, 3.8) is 0 Å².